The van der Waals surface area contributed by atoms with Crippen LogP contribution in [0.25, 0.3) is 0 Å². The maximum Gasteiger partial charge on any atom is 0.0853 e. The predicted octanol–water partition coefficient (Wildman–Crippen LogP) is 2.56. The van der Waals surface area contributed by atoms with Crippen LogP contribution in [0.5, 0.6) is 0 Å². The Hall–Kier alpha value is -0.240. The van der Waals surface area contributed by atoms with Crippen molar-refractivity contribution in [3.63, 3.8) is 0 Å². The second-order valence-electron chi connectivity index (χ2n) is 3.27. The number of unbranched alkanes of at least 4 members (excludes halogenated alkanes) is 6. The molecule has 0 bridgehead atoms. The highest BCUT2D eigenvalue weighted by molar-refractivity contribution is 4.45. The average molecular weight is 224 g/mol. The van der Waals surface area contributed by atoms with Crippen LogP contribution >= 0.6 is 0 Å². The Labute approximate surface area is 89.4 Å². The minimum atomic E-state index is 0.429. The van der Waals surface area contributed by atoms with Crippen LogP contribution in [0.4, 0.5) is 0 Å². The lowest BCUT2D eigenvalue weighted by Crippen LogP contribution is -1.94. The van der Waals surface area contributed by atoms with Gasteiger partial charge in [0.15, 0.2) is 0 Å². The van der Waals surface area contributed by atoms with Crippen molar-refractivity contribution in [3.05, 3.63) is 0 Å². The van der Waals surface area contributed by atoms with Gasteiger partial charge in [0.25, 0.3) is 0 Å². The Bertz CT molecular complexity index is 98.8. The van der Waals surface area contributed by atoms with E-state index in [4.69, 9.17) is 10.5 Å². The molecule has 0 unspecified atom stereocenters. The topological polar surface area (TPSA) is 77.4 Å². The maximum absolute atomic E-state index is 7.85. The molecular formula is C9H20O6. The summed E-state index contributed by atoms with van der Waals surface area (Å²) in [5.41, 5.74) is 0. The van der Waals surface area contributed by atoms with E-state index >= 15 is 0 Å². The minimum absolute atomic E-state index is 0.429. The van der Waals surface area contributed by atoms with Gasteiger partial charge in [0.05, 0.1) is 13.2 Å². The summed E-state index contributed by atoms with van der Waals surface area (Å²) in [7, 11) is 0. The van der Waals surface area contributed by atoms with Gasteiger partial charge in [-0.15, -0.1) is 0 Å². The summed E-state index contributed by atoms with van der Waals surface area (Å²) >= 11 is 0. The molecule has 0 aromatic carbocycles. The van der Waals surface area contributed by atoms with Crippen LogP contribution in [0.3, 0.4) is 0 Å². The van der Waals surface area contributed by atoms with E-state index in [9.17, 15) is 0 Å². The van der Waals surface area contributed by atoms with E-state index in [1.165, 1.54) is 6.42 Å². The maximum atomic E-state index is 7.85. The van der Waals surface area contributed by atoms with Crippen LogP contribution in [-0.2, 0) is 19.9 Å². The van der Waals surface area contributed by atoms with E-state index < -0.39 is 0 Å². The predicted molar refractivity (Wildman–Crippen MR) is 51.7 cm³/mol. The molecule has 0 aromatic rings. The van der Waals surface area contributed by atoms with Crippen LogP contribution in [-0.4, -0.2) is 23.7 Å². The summed E-state index contributed by atoms with van der Waals surface area (Å²) in [5, 5.41) is 22.7. The number of hydrogen-bond acceptors (Lipinski definition) is 6. The van der Waals surface area contributed by atoms with Gasteiger partial charge in [-0.25, -0.2) is 20.3 Å². The highest BCUT2D eigenvalue weighted by Crippen LogP contribution is 2.07. The molecule has 0 heterocycles. The zero-order valence-electron chi connectivity index (χ0n) is 8.89. The third-order valence-corrected chi connectivity index (χ3v) is 2.06. The molecule has 0 amide bonds. The molecule has 92 valence electrons. The third-order valence-electron chi connectivity index (χ3n) is 2.06. The van der Waals surface area contributed by atoms with Crippen LogP contribution in [0.2, 0.25) is 0 Å². The molecule has 0 atom stereocenters. The van der Waals surface area contributed by atoms with E-state index in [1.807, 2.05) is 0 Å². The molecule has 0 fully saturated rings. The van der Waals surface area contributed by atoms with Gasteiger partial charge in [0, 0.05) is 0 Å². The number of rotatable bonds is 12. The van der Waals surface area contributed by atoms with Crippen molar-refractivity contribution in [2.75, 3.05) is 13.2 Å². The largest absolute Gasteiger partial charge is 0.221 e. The summed E-state index contributed by atoms with van der Waals surface area (Å²) in [6, 6.07) is 0. The van der Waals surface area contributed by atoms with Crippen LogP contribution in [0, 0.1) is 0 Å². The van der Waals surface area contributed by atoms with Crippen molar-refractivity contribution in [3.8, 4) is 0 Å². The molecule has 6 nitrogen and oxygen atoms in total. The molecule has 0 aliphatic heterocycles. The van der Waals surface area contributed by atoms with Crippen LogP contribution in [0.15, 0.2) is 0 Å². The van der Waals surface area contributed by atoms with E-state index in [0.29, 0.717) is 13.2 Å². The monoisotopic (exact) mass is 224 g/mol. The van der Waals surface area contributed by atoms with Crippen molar-refractivity contribution >= 4 is 0 Å². The molecular weight excluding hydrogens is 204 g/mol. The summed E-state index contributed by atoms with van der Waals surface area (Å²) < 4.78 is 0. The Morgan fingerprint density at radius 1 is 0.533 bits per heavy atom. The SMILES string of the molecule is OOOCCCCCCCCCOOO. The summed E-state index contributed by atoms with van der Waals surface area (Å²) in [5.74, 6) is 0. The van der Waals surface area contributed by atoms with Crippen molar-refractivity contribution in [2.24, 2.45) is 0 Å². The Kier molecular flexibility index (Phi) is 13.5. The Morgan fingerprint density at radius 3 is 1.20 bits per heavy atom. The molecule has 0 saturated heterocycles. The van der Waals surface area contributed by atoms with Gasteiger partial charge in [0.2, 0.25) is 0 Å². The van der Waals surface area contributed by atoms with Gasteiger partial charge in [-0.1, -0.05) is 42.2 Å². The summed E-state index contributed by atoms with van der Waals surface area (Å²) in [6.45, 7) is 0.857. The van der Waals surface area contributed by atoms with Gasteiger partial charge < -0.3 is 0 Å². The fourth-order valence-corrected chi connectivity index (χ4v) is 1.28. The van der Waals surface area contributed by atoms with Gasteiger partial charge in [-0.2, -0.15) is 0 Å². The standard InChI is InChI=1S/C9H20O6/c10-14-12-8-6-4-2-1-3-5-7-9-13-15-11/h10-11H,1-9H2. The van der Waals surface area contributed by atoms with E-state index in [0.717, 1.165) is 38.5 Å². The summed E-state index contributed by atoms with van der Waals surface area (Å²) in [6.07, 6.45) is 7.38. The van der Waals surface area contributed by atoms with E-state index in [2.05, 4.69) is 19.9 Å². The van der Waals surface area contributed by atoms with E-state index in [1.54, 1.807) is 0 Å². The van der Waals surface area contributed by atoms with Gasteiger partial charge in [-0.05, 0) is 12.8 Å². The normalized spacial score (nSPS) is 10.8. The van der Waals surface area contributed by atoms with Gasteiger partial charge >= 0.3 is 0 Å². The lowest BCUT2D eigenvalue weighted by molar-refractivity contribution is -0.490. The molecule has 0 radical (unpaired) electrons. The van der Waals surface area contributed by atoms with E-state index in [-0.39, 0.29) is 0 Å². The smallest absolute Gasteiger partial charge is 0.0853 e. The third kappa shape index (κ3) is 13.8. The van der Waals surface area contributed by atoms with Gasteiger partial charge in [0.1, 0.15) is 0 Å². The van der Waals surface area contributed by atoms with Crippen molar-refractivity contribution < 1.29 is 30.4 Å². The molecule has 0 spiro atoms. The highest BCUT2D eigenvalue weighted by Gasteiger charge is 1.93. The molecule has 0 rings (SSSR count). The average Bonchev–Trinajstić information content (AvgIpc) is 2.26. The fourth-order valence-electron chi connectivity index (χ4n) is 1.28. The first-order valence-corrected chi connectivity index (χ1v) is 5.28. The zero-order chi connectivity index (χ0) is 11.2. The van der Waals surface area contributed by atoms with Gasteiger partial charge in [-0.3, -0.25) is 0 Å². The second-order valence-corrected chi connectivity index (χ2v) is 3.27. The molecule has 0 saturated carbocycles. The fraction of sp³-hybridized carbons (Fsp3) is 1.00. The van der Waals surface area contributed by atoms with Crippen molar-refractivity contribution in [1.82, 2.24) is 0 Å². The first-order valence-electron chi connectivity index (χ1n) is 5.28. The molecule has 2 N–H and O–H groups in total. The Balaban J connectivity index is 2.81. The molecule has 15 heavy (non-hydrogen) atoms. The quantitative estimate of drug-likeness (QED) is 0.301. The highest BCUT2D eigenvalue weighted by atomic mass is 17.5. The molecule has 0 aliphatic rings. The Morgan fingerprint density at radius 2 is 0.867 bits per heavy atom. The first kappa shape index (κ1) is 14.8. The minimum Gasteiger partial charge on any atom is -0.221 e. The molecule has 6 heteroatoms. The summed E-state index contributed by atoms with van der Waals surface area (Å²) in [4.78, 5) is 8.61. The lowest BCUT2D eigenvalue weighted by atomic mass is 10.1. The second kappa shape index (κ2) is 13.8. The van der Waals surface area contributed by atoms with Crippen molar-refractivity contribution in [2.45, 2.75) is 44.9 Å². The number of hydrogen-bond donors (Lipinski definition) is 2. The lowest BCUT2D eigenvalue weighted by Gasteiger charge is -2.01. The van der Waals surface area contributed by atoms with Crippen LogP contribution in [0.1, 0.15) is 44.9 Å². The van der Waals surface area contributed by atoms with Crippen LogP contribution < -0.4 is 0 Å². The van der Waals surface area contributed by atoms with Crippen molar-refractivity contribution in [1.29, 1.82) is 0 Å². The molecule has 0 aromatic heterocycles. The first-order chi connectivity index (χ1) is 7.41. The zero-order valence-corrected chi connectivity index (χ0v) is 8.89. The molecule has 0 aliphatic carbocycles.